The molecule has 0 radical (unpaired) electrons. The molecule has 0 aliphatic heterocycles. The fourth-order valence-electron chi connectivity index (χ4n) is 2.91. The van der Waals surface area contributed by atoms with E-state index in [2.05, 4.69) is 27.0 Å². The van der Waals surface area contributed by atoms with Crippen LogP contribution in [0.1, 0.15) is 18.4 Å². The molecular formula is C18H16BrCl3N2. The van der Waals surface area contributed by atoms with Gasteiger partial charge in [-0.25, -0.2) is 0 Å². The molecule has 126 valence electrons. The predicted octanol–water partition coefficient (Wildman–Crippen LogP) is 6.84. The van der Waals surface area contributed by atoms with Crippen LogP contribution in [-0.2, 0) is 6.42 Å². The monoisotopic (exact) mass is 444 g/mol. The lowest BCUT2D eigenvalue weighted by Crippen LogP contribution is -1.99. The lowest BCUT2D eigenvalue weighted by Gasteiger charge is -2.08. The van der Waals surface area contributed by atoms with Crippen molar-refractivity contribution in [3.63, 3.8) is 0 Å². The number of aromatic nitrogens is 1. The molecule has 0 amide bonds. The molecule has 0 bridgehead atoms. The fourth-order valence-corrected chi connectivity index (χ4v) is 4.16. The number of aromatic amines is 1. The van der Waals surface area contributed by atoms with Crippen LogP contribution in [-0.4, -0.2) is 11.5 Å². The second-order valence-electron chi connectivity index (χ2n) is 5.64. The van der Waals surface area contributed by atoms with Crippen LogP contribution in [0.5, 0.6) is 0 Å². The van der Waals surface area contributed by atoms with E-state index in [0.717, 1.165) is 45.9 Å². The molecule has 3 aromatic rings. The Labute approximate surface area is 164 Å². The molecule has 2 aromatic carbocycles. The van der Waals surface area contributed by atoms with Crippen molar-refractivity contribution in [1.29, 1.82) is 0 Å². The summed E-state index contributed by atoms with van der Waals surface area (Å²) in [6.07, 6.45) is 2.86. The van der Waals surface area contributed by atoms with E-state index in [1.54, 1.807) is 6.07 Å². The van der Waals surface area contributed by atoms with Crippen molar-refractivity contribution >= 4 is 61.6 Å². The summed E-state index contributed by atoms with van der Waals surface area (Å²) in [6, 6.07) is 9.61. The van der Waals surface area contributed by atoms with Crippen LogP contribution in [0.25, 0.3) is 22.2 Å². The molecule has 0 saturated carbocycles. The molecule has 3 rings (SSSR count). The number of rotatable bonds is 5. The summed E-state index contributed by atoms with van der Waals surface area (Å²) in [5.74, 6) is 0. The second-order valence-corrected chi connectivity index (χ2v) is 7.74. The van der Waals surface area contributed by atoms with Gasteiger partial charge in [-0.15, -0.1) is 0 Å². The number of benzene rings is 2. The number of H-pyrrole nitrogens is 1. The zero-order valence-corrected chi connectivity index (χ0v) is 16.7. The zero-order chi connectivity index (χ0) is 17.3. The van der Waals surface area contributed by atoms with Gasteiger partial charge < -0.3 is 10.7 Å². The number of aryl methyl sites for hydroxylation is 1. The summed E-state index contributed by atoms with van der Waals surface area (Å²) >= 11 is 22.6. The van der Waals surface area contributed by atoms with Gasteiger partial charge in [0.05, 0.1) is 26.3 Å². The number of nitrogens with two attached hydrogens (primary N) is 1. The average Bonchev–Trinajstić information content (AvgIpc) is 2.89. The molecule has 6 heteroatoms. The largest absolute Gasteiger partial charge is 0.353 e. The first-order valence-corrected chi connectivity index (χ1v) is 9.59. The highest BCUT2D eigenvalue weighted by molar-refractivity contribution is 9.10. The topological polar surface area (TPSA) is 41.8 Å². The molecule has 3 N–H and O–H groups in total. The summed E-state index contributed by atoms with van der Waals surface area (Å²) < 4.78 is 0.947. The van der Waals surface area contributed by atoms with Crippen LogP contribution in [0, 0.1) is 0 Å². The Morgan fingerprint density at radius 1 is 1.04 bits per heavy atom. The highest BCUT2D eigenvalue weighted by atomic mass is 79.9. The summed E-state index contributed by atoms with van der Waals surface area (Å²) in [5, 5.41) is 2.84. The van der Waals surface area contributed by atoms with E-state index < -0.39 is 0 Å². The molecule has 0 spiro atoms. The minimum absolute atomic E-state index is 0.535. The van der Waals surface area contributed by atoms with Crippen molar-refractivity contribution < 1.29 is 0 Å². The third-order valence-electron chi connectivity index (χ3n) is 4.03. The maximum absolute atomic E-state index is 6.45. The van der Waals surface area contributed by atoms with Gasteiger partial charge in [-0.1, -0.05) is 62.9 Å². The highest BCUT2D eigenvalue weighted by Gasteiger charge is 2.18. The van der Waals surface area contributed by atoms with Gasteiger partial charge in [0.2, 0.25) is 0 Å². The first-order chi connectivity index (χ1) is 11.5. The number of unbranched alkanes of at least 4 members (excludes halogenated alkanes) is 1. The van der Waals surface area contributed by atoms with Gasteiger partial charge in [-0.3, -0.25) is 0 Å². The van der Waals surface area contributed by atoms with Crippen LogP contribution >= 0.6 is 50.7 Å². The third-order valence-corrected chi connectivity index (χ3v) is 5.61. The van der Waals surface area contributed by atoms with Gasteiger partial charge in [0.1, 0.15) is 0 Å². The maximum atomic E-state index is 6.45. The molecule has 1 aromatic heterocycles. The number of halogens is 4. The Morgan fingerprint density at radius 2 is 1.83 bits per heavy atom. The Balaban J connectivity index is 2.24. The van der Waals surface area contributed by atoms with Crippen LogP contribution in [0.15, 0.2) is 34.8 Å². The normalized spacial score (nSPS) is 11.4. The van der Waals surface area contributed by atoms with E-state index >= 15 is 0 Å². The number of hydrogen-bond donors (Lipinski definition) is 2. The van der Waals surface area contributed by atoms with Crippen molar-refractivity contribution in [2.45, 2.75) is 19.3 Å². The van der Waals surface area contributed by atoms with E-state index in [1.165, 1.54) is 5.56 Å². The van der Waals surface area contributed by atoms with E-state index in [9.17, 15) is 0 Å². The van der Waals surface area contributed by atoms with Crippen LogP contribution < -0.4 is 5.73 Å². The van der Waals surface area contributed by atoms with Crippen molar-refractivity contribution in [3.8, 4) is 11.3 Å². The quantitative estimate of drug-likeness (QED) is 0.414. The number of nitrogens with one attached hydrogen (secondary N) is 1. The molecule has 1 heterocycles. The van der Waals surface area contributed by atoms with Gasteiger partial charge >= 0.3 is 0 Å². The van der Waals surface area contributed by atoms with Gasteiger partial charge in [0, 0.05) is 15.4 Å². The smallest absolute Gasteiger partial charge is 0.0685 e. The molecule has 0 aliphatic carbocycles. The first kappa shape index (κ1) is 18.1. The summed E-state index contributed by atoms with van der Waals surface area (Å²) in [6.45, 7) is 0.681. The molecule has 0 aliphatic rings. The summed E-state index contributed by atoms with van der Waals surface area (Å²) in [4.78, 5) is 3.44. The van der Waals surface area contributed by atoms with E-state index in [-0.39, 0.29) is 0 Å². The SMILES string of the molecule is NCCCCc1c(-c2cccc(Cl)c2Cl)[nH]c2c(Cl)cc(Br)cc12. The predicted molar refractivity (Wildman–Crippen MR) is 108 cm³/mol. The first-order valence-electron chi connectivity index (χ1n) is 7.67. The van der Waals surface area contributed by atoms with Crippen LogP contribution in [0.2, 0.25) is 15.1 Å². The zero-order valence-electron chi connectivity index (χ0n) is 12.8. The maximum Gasteiger partial charge on any atom is 0.0685 e. The lowest BCUT2D eigenvalue weighted by atomic mass is 10.0. The summed E-state index contributed by atoms with van der Waals surface area (Å²) in [5.41, 5.74) is 9.60. The van der Waals surface area contributed by atoms with E-state index in [0.29, 0.717) is 21.6 Å². The molecule has 0 atom stereocenters. The average molecular weight is 447 g/mol. The third kappa shape index (κ3) is 3.47. The molecule has 0 unspecified atom stereocenters. The molecule has 24 heavy (non-hydrogen) atoms. The molecule has 0 fully saturated rings. The fraction of sp³-hybridized carbons (Fsp3) is 0.222. The minimum Gasteiger partial charge on any atom is -0.353 e. The van der Waals surface area contributed by atoms with Crippen molar-refractivity contribution in [1.82, 2.24) is 4.98 Å². The Bertz CT molecular complexity index is 890. The molecule has 0 saturated heterocycles. The molecule has 2 nitrogen and oxygen atoms in total. The highest BCUT2D eigenvalue weighted by Crippen LogP contribution is 2.40. The second kappa shape index (κ2) is 7.67. The summed E-state index contributed by atoms with van der Waals surface area (Å²) in [7, 11) is 0. The van der Waals surface area contributed by atoms with E-state index in [4.69, 9.17) is 40.5 Å². The Hall–Kier alpha value is -0.710. The van der Waals surface area contributed by atoms with E-state index in [1.807, 2.05) is 18.2 Å². The van der Waals surface area contributed by atoms with Gasteiger partial charge in [0.25, 0.3) is 0 Å². The number of fused-ring (bicyclic) bond motifs is 1. The number of hydrogen-bond acceptors (Lipinski definition) is 1. The van der Waals surface area contributed by atoms with Crippen LogP contribution in [0.4, 0.5) is 0 Å². The van der Waals surface area contributed by atoms with Gasteiger partial charge in [-0.2, -0.15) is 0 Å². The lowest BCUT2D eigenvalue weighted by molar-refractivity contribution is 0.748. The van der Waals surface area contributed by atoms with Gasteiger partial charge in [-0.05, 0) is 49.6 Å². The minimum atomic E-state index is 0.535. The van der Waals surface area contributed by atoms with Crippen molar-refractivity contribution in [2.75, 3.05) is 6.54 Å². The standard InChI is InChI=1S/C18H16BrCl3N2/c19-10-8-13-11(4-1-2-7-23)17(24-18(13)15(21)9-10)12-5-3-6-14(20)16(12)22/h3,5-6,8-9,24H,1-2,4,7,23H2. The van der Waals surface area contributed by atoms with Crippen LogP contribution in [0.3, 0.4) is 0 Å². The Kier molecular flexibility index (Phi) is 5.78. The van der Waals surface area contributed by atoms with Crippen molar-refractivity contribution in [2.24, 2.45) is 5.73 Å². The van der Waals surface area contributed by atoms with Gasteiger partial charge in [0.15, 0.2) is 0 Å². The Morgan fingerprint density at radius 3 is 2.58 bits per heavy atom. The van der Waals surface area contributed by atoms with Crippen molar-refractivity contribution in [3.05, 3.63) is 55.4 Å². The molecular weight excluding hydrogens is 430 g/mol.